The minimum Gasteiger partial charge on any atom is -0.335 e. The molecule has 3 rings (SSSR count). The molecule has 172 valence electrons. The highest BCUT2D eigenvalue weighted by Crippen LogP contribution is 2.31. The predicted octanol–water partition coefficient (Wildman–Crippen LogP) is 4.51. The maximum atomic E-state index is 12.8. The topological polar surface area (TPSA) is 66.5 Å². The second-order valence-corrected chi connectivity index (χ2v) is 9.99. The minimum atomic E-state index is -4.85. The van der Waals surface area contributed by atoms with Crippen LogP contribution >= 0.6 is 0 Å². The van der Waals surface area contributed by atoms with Crippen molar-refractivity contribution in [1.82, 2.24) is 9.62 Å². The molecule has 5 nitrogen and oxygen atoms in total. The summed E-state index contributed by atoms with van der Waals surface area (Å²) in [6.45, 7) is 0.0806. The molecule has 1 aliphatic heterocycles. The molecule has 1 N–H and O–H groups in total. The van der Waals surface area contributed by atoms with Crippen molar-refractivity contribution in [2.24, 2.45) is 0 Å². The van der Waals surface area contributed by atoms with Crippen molar-refractivity contribution < 1.29 is 26.4 Å². The Balaban J connectivity index is 1.60. The average Bonchev–Trinajstić information content (AvgIpc) is 2.86. The van der Waals surface area contributed by atoms with E-state index in [-0.39, 0.29) is 29.9 Å². The van der Waals surface area contributed by atoms with Gasteiger partial charge in [0.05, 0.1) is 4.90 Å². The molecule has 1 aromatic rings. The van der Waals surface area contributed by atoms with Gasteiger partial charge in [-0.1, -0.05) is 43.5 Å². The summed E-state index contributed by atoms with van der Waals surface area (Å²) in [6.07, 6.45) is 6.05. The number of sulfonamides is 1. The number of carbonyl (C=O) groups excluding carboxylic acids is 1. The predicted molar refractivity (Wildman–Crippen MR) is 112 cm³/mol. The van der Waals surface area contributed by atoms with Gasteiger partial charge in [0.25, 0.3) is 0 Å². The number of amides is 1. The number of rotatable bonds is 4. The maximum absolute atomic E-state index is 12.8. The van der Waals surface area contributed by atoms with Gasteiger partial charge in [-0.05, 0) is 55.7 Å². The van der Waals surface area contributed by atoms with E-state index < -0.39 is 22.1 Å². The lowest BCUT2D eigenvalue weighted by molar-refractivity contribution is -0.186. The van der Waals surface area contributed by atoms with E-state index in [1.807, 2.05) is 12.2 Å². The van der Waals surface area contributed by atoms with Gasteiger partial charge in [-0.3, -0.25) is 4.79 Å². The van der Waals surface area contributed by atoms with Crippen molar-refractivity contribution >= 4 is 15.9 Å². The summed E-state index contributed by atoms with van der Waals surface area (Å²) in [4.78, 5) is 12.4. The average molecular weight is 459 g/mol. The largest absolute Gasteiger partial charge is 0.471 e. The molecule has 1 saturated heterocycles. The Morgan fingerprint density at radius 1 is 0.968 bits per heavy atom. The molecule has 0 spiro atoms. The quantitative estimate of drug-likeness (QED) is 0.675. The number of nitrogens with one attached hydrogen (secondary N) is 1. The highest BCUT2D eigenvalue weighted by molar-refractivity contribution is 7.89. The molecular formula is C22H29F3N2O3S. The van der Waals surface area contributed by atoms with E-state index >= 15 is 0 Å². The zero-order valence-corrected chi connectivity index (χ0v) is 18.2. The van der Waals surface area contributed by atoms with Crippen molar-refractivity contribution in [2.45, 2.75) is 74.4 Å². The molecule has 0 bridgehead atoms. The molecular weight excluding hydrogens is 429 g/mol. The molecule has 0 saturated carbocycles. The summed E-state index contributed by atoms with van der Waals surface area (Å²) in [7, 11) is -3.66. The molecule has 0 aromatic heterocycles. The third-order valence-corrected chi connectivity index (χ3v) is 7.50. The Hall–Kier alpha value is -1.87. The van der Waals surface area contributed by atoms with Gasteiger partial charge < -0.3 is 4.90 Å². The first-order valence-corrected chi connectivity index (χ1v) is 12.3. The van der Waals surface area contributed by atoms with Gasteiger partial charge in [0.2, 0.25) is 10.0 Å². The molecule has 1 fully saturated rings. The summed E-state index contributed by atoms with van der Waals surface area (Å²) < 4.78 is 66.1. The first-order chi connectivity index (χ1) is 14.7. The van der Waals surface area contributed by atoms with Crippen LogP contribution in [-0.2, 0) is 14.8 Å². The van der Waals surface area contributed by atoms with Gasteiger partial charge in [0, 0.05) is 19.1 Å². The standard InChI is InChI=1S/C22H29F3N2O3S/c23-22(24,25)21(28)27-15-13-18(14-16-27)17-9-11-20(12-10-17)31(29,30)26-19-7-5-3-1-2-4-6-8-19/h5,7,9-12,18-19,26H,1-4,6,8,13-16H2/b7-5-. The SMILES string of the molecule is O=C(N1CCC(c2ccc(S(=O)(=O)NC3/C=C\CCCCCC3)cc2)CC1)C(F)(F)F. The van der Waals surface area contributed by atoms with Crippen LogP contribution in [0.1, 0.15) is 62.8 Å². The molecule has 1 atom stereocenters. The first-order valence-electron chi connectivity index (χ1n) is 10.8. The van der Waals surface area contributed by atoms with Gasteiger partial charge in [-0.2, -0.15) is 13.2 Å². The van der Waals surface area contributed by atoms with E-state index in [0.717, 1.165) is 49.0 Å². The van der Waals surface area contributed by atoms with Gasteiger partial charge in [-0.25, -0.2) is 13.1 Å². The van der Waals surface area contributed by atoms with Crippen LogP contribution < -0.4 is 4.72 Å². The molecule has 1 unspecified atom stereocenters. The Bertz CT molecular complexity index is 874. The molecule has 1 aromatic carbocycles. The molecule has 31 heavy (non-hydrogen) atoms. The molecule has 1 heterocycles. The number of likely N-dealkylation sites (tertiary alicyclic amines) is 1. The van der Waals surface area contributed by atoms with Crippen LogP contribution in [0.3, 0.4) is 0 Å². The number of alkyl halides is 3. The lowest BCUT2D eigenvalue weighted by Crippen LogP contribution is -2.45. The van der Waals surface area contributed by atoms with Crippen LogP contribution in [-0.4, -0.2) is 44.5 Å². The second kappa shape index (κ2) is 10.2. The van der Waals surface area contributed by atoms with Gasteiger partial charge in [0.1, 0.15) is 0 Å². The summed E-state index contributed by atoms with van der Waals surface area (Å²) in [5.41, 5.74) is 0.875. The number of allylic oxidation sites excluding steroid dienone is 1. The Morgan fingerprint density at radius 2 is 1.61 bits per heavy atom. The van der Waals surface area contributed by atoms with Gasteiger partial charge in [0.15, 0.2) is 0 Å². The lowest BCUT2D eigenvalue weighted by atomic mass is 9.89. The van der Waals surface area contributed by atoms with Crippen LogP contribution in [0.4, 0.5) is 13.2 Å². The van der Waals surface area contributed by atoms with Crippen molar-refractivity contribution in [3.63, 3.8) is 0 Å². The fraction of sp³-hybridized carbons (Fsp3) is 0.591. The zero-order valence-electron chi connectivity index (χ0n) is 17.4. The smallest absolute Gasteiger partial charge is 0.335 e. The zero-order chi connectivity index (χ0) is 22.5. The summed E-state index contributed by atoms with van der Waals surface area (Å²) in [6, 6.07) is 6.31. The highest BCUT2D eigenvalue weighted by Gasteiger charge is 2.43. The molecule has 2 aliphatic rings. The van der Waals surface area contributed by atoms with E-state index in [4.69, 9.17) is 0 Å². The lowest BCUT2D eigenvalue weighted by Gasteiger charge is -2.32. The summed E-state index contributed by atoms with van der Waals surface area (Å²) >= 11 is 0. The van der Waals surface area contributed by atoms with E-state index in [2.05, 4.69) is 4.72 Å². The molecule has 1 aliphatic carbocycles. The third kappa shape index (κ3) is 6.55. The Kier molecular flexibility index (Phi) is 7.80. The fourth-order valence-electron chi connectivity index (χ4n) is 4.22. The second-order valence-electron chi connectivity index (χ2n) is 8.28. The van der Waals surface area contributed by atoms with Crippen LogP contribution in [0.15, 0.2) is 41.3 Å². The minimum absolute atomic E-state index is 0.000660. The van der Waals surface area contributed by atoms with Crippen LogP contribution in [0.2, 0.25) is 0 Å². The summed E-state index contributed by atoms with van der Waals surface area (Å²) in [5, 5.41) is 0. The van der Waals surface area contributed by atoms with Gasteiger partial charge in [-0.15, -0.1) is 0 Å². The van der Waals surface area contributed by atoms with Crippen molar-refractivity contribution in [2.75, 3.05) is 13.1 Å². The van der Waals surface area contributed by atoms with Crippen molar-refractivity contribution in [3.05, 3.63) is 42.0 Å². The Labute approximate surface area is 181 Å². The molecule has 0 radical (unpaired) electrons. The summed E-state index contributed by atoms with van der Waals surface area (Å²) in [5.74, 6) is -1.79. The monoisotopic (exact) mass is 458 g/mol. The number of hydrogen-bond donors (Lipinski definition) is 1. The van der Waals surface area contributed by atoms with Crippen molar-refractivity contribution in [1.29, 1.82) is 0 Å². The fourth-order valence-corrected chi connectivity index (χ4v) is 5.44. The number of carbonyl (C=O) groups is 1. The molecule has 1 amide bonds. The van der Waals surface area contributed by atoms with Crippen LogP contribution in [0, 0.1) is 0 Å². The van der Waals surface area contributed by atoms with Crippen LogP contribution in [0.25, 0.3) is 0 Å². The normalized spacial score (nSPS) is 22.9. The highest BCUT2D eigenvalue weighted by atomic mass is 32.2. The van der Waals surface area contributed by atoms with E-state index in [9.17, 15) is 26.4 Å². The Morgan fingerprint density at radius 3 is 2.26 bits per heavy atom. The third-order valence-electron chi connectivity index (χ3n) is 6.00. The number of halogens is 3. The number of hydrogen-bond acceptors (Lipinski definition) is 3. The molecule has 9 heteroatoms. The van der Waals surface area contributed by atoms with E-state index in [1.165, 1.54) is 0 Å². The van der Waals surface area contributed by atoms with Crippen LogP contribution in [0.5, 0.6) is 0 Å². The first kappa shape index (κ1) is 23.8. The number of nitrogens with zero attached hydrogens (tertiary/aromatic N) is 1. The van der Waals surface area contributed by atoms with E-state index in [0.29, 0.717) is 12.8 Å². The maximum Gasteiger partial charge on any atom is 0.471 e. The number of benzene rings is 1. The number of piperidine rings is 1. The van der Waals surface area contributed by atoms with Gasteiger partial charge >= 0.3 is 12.1 Å². The van der Waals surface area contributed by atoms with Crippen molar-refractivity contribution in [3.8, 4) is 0 Å². The van der Waals surface area contributed by atoms with E-state index in [1.54, 1.807) is 24.3 Å².